The molecule has 0 aromatic heterocycles. The Balaban J connectivity index is 0.00000196. The van der Waals surface area contributed by atoms with E-state index in [1.807, 2.05) is 0 Å². The molecular weight excluding hydrogens is 189 g/mol. The van der Waals surface area contributed by atoms with Gasteiger partial charge in [-0.2, -0.15) is 0 Å². The minimum Gasteiger partial charge on any atom is -1.00 e. The van der Waals surface area contributed by atoms with E-state index in [2.05, 4.69) is 13.8 Å². The molecule has 0 bridgehead atoms. The van der Waals surface area contributed by atoms with Crippen molar-refractivity contribution in [2.24, 2.45) is 0 Å². The van der Waals surface area contributed by atoms with Crippen LogP contribution < -0.4 is 4.70 Å². The summed E-state index contributed by atoms with van der Waals surface area (Å²) in [5.74, 6) is 0. The molecule has 1 heterocycles. The molecule has 1 aliphatic rings. The van der Waals surface area contributed by atoms with E-state index in [1.165, 1.54) is 75.6 Å². The van der Waals surface area contributed by atoms with Crippen molar-refractivity contribution < 1.29 is 9.19 Å². The van der Waals surface area contributed by atoms with Gasteiger partial charge in [-0.3, -0.25) is 0 Å². The lowest BCUT2D eigenvalue weighted by Crippen LogP contribution is -3.00. The molecule has 0 spiro atoms. The van der Waals surface area contributed by atoms with Crippen LogP contribution in [0.25, 0.3) is 0 Å². The van der Waals surface area contributed by atoms with E-state index in [0.717, 1.165) is 0 Å². The smallest absolute Gasteiger partial charge is 0.0788 e. The maximum Gasteiger partial charge on any atom is 0.0788 e. The molecule has 0 atom stereocenters. The average molecular weight is 217 g/mol. The number of unbranched alkanes of at least 4 members (excludes halogenated alkanes) is 4. The van der Waals surface area contributed by atoms with Crippen molar-refractivity contribution in [2.75, 3.05) is 26.2 Å². The average Bonchev–Trinajstić information content (AvgIpc) is 2.67. The van der Waals surface area contributed by atoms with Crippen molar-refractivity contribution >= 4 is 0 Å². The van der Waals surface area contributed by atoms with E-state index in [1.54, 1.807) is 0 Å². The molecule has 0 amide bonds. The van der Waals surface area contributed by atoms with Crippen LogP contribution in [-0.4, -0.2) is 30.7 Å². The number of rotatable bonds is 7. The molecule has 0 aliphatic carbocycles. The van der Waals surface area contributed by atoms with Gasteiger partial charge in [-0.15, -0.1) is 0 Å². The summed E-state index contributed by atoms with van der Waals surface area (Å²) in [5, 5.41) is 0. The van der Waals surface area contributed by atoms with Crippen molar-refractivity contribution in [1.82, 2.24) is 0 Å². The van der Waals surface area contributed by atoms with Crippen molar-refractivity contribution in [3.63, 3.8) is 0 Å². The van der Waals surface area contributed by atoms with Gasteiger partial charge in [0.15, 0.2) is 0 Å². The first-order valence-electron chi connectivity index (χ1n) is 6.68. The Morgan fingerprint density at radius 2 is 1.47 bits per heavy atom. The van der Waals surface area contributed by atoms with E-state index in [0.29, 0.717) is 0 Å². The third-order valence-corrected chi connectivity index (χ3v) is 3.92. The van der Waals surface area contributed by atoms with Crippen molar-refractivity contribution in [3.05, 3.63) is 0 Å². The van der Waals surface area contributed by atoms with Crippen LogP contribution in [0, 0.1) is 0 Å². The van der Waals surface area contributed by atoms with Crippen LogP contribution in [0.2, 0.25) is 0 Å². The fourth-order valence-electron chi connectivity index (χ4n) is 2.75. The number of quaternary nitrogens is 1. The standard InChI is InChI=1S/C13H28N.FH/c1-3-5-6-7-8-11-14(4-2)12-9-10-13-14;/h3-13H2,1-2H3;1H/q+1;/p-1. The van der Waals surface area contributed by atoms with Crippen LogP contribution in [0.1, 0.15) is 58.8 Å². The van der Waals surface area contributed by atoms with Gasteiger partial charge < -0.3 is 9.19 Å². The second kappa shape index (κ2) is 8.09. The van der Waals surface area contributed by atoms with E-state index in [-0.39, 0.29) is 4.70 Å². The molecule has 1 nitrogen and oxygen atoms in total. The summed E-state index contributed by atoms with van der Waals surface area (Å²) in [5.41, 5.74) is 0. The summed E-state index contributed by atoms with van der Waals surface area (Å²) in [6, 6.07) is 0. The molecule has 0 radical (unpaired) electrons. The molecule has 1 fully saturated rings. The molecule has 0 aromatic rings. The van der Waals surface area contributed by atoms with Crippen molar-refractivity contribution in [3.8, 4) is 0 Å². The highest BCUT2D eigenvalue weighted by Crippen LogP contribution is 2.20. The van der Waals surface area contributed by atoms with Crippen LogP contribution in [0.4, 0.5) is 0 Å². The molecule has 92 valence electrons. The molecule has 1 saturated heterocycles. The first-order valence-corrected chi connectivity index (χ1v) is 6.68. The molecule has 0 aromatic carbocycles. The van der Waals surface area contributed by atoms with Gasteiger partial charge in [-0.25, -0.2) is 0 Å². The van der Waals surface area contributed by atoms with Gasteiger partial charge in [-0.05, 0) is 19.8 Å². The van der Waals surface area contributed by atoms with Gasteiger partial charge in [0.25, 0.3) is 0 Å². The fourth-order valence-corrected chi connectivity index (χ4v) is 2.75. The highest BCUT2D eigenvalue weighted by Gasteiger charge is 2.28. The van der Waals surface area contributed by atoms with Gasteiger partial charge in [0.05, 0.1) is 26.2 Å². The van der Waals surface area contributed by atoms with Gasteiger partial charge in [-0.1, -0.05) is 26.2 Å². The predicted octanol–water partition coefficient (Wildman–Crippen LogP) is 0.591. The lowest BCUT2D eigenvalue weighted by atomic mass is 10.1. The highest BCUT2D eigenvalue weighted by atomic mass is 19.0. The Morgan fingerprint density at radius 1 is 0.867 bits per heavy atom. The summed E-state index contributed by atoms with van der Waals surface area (Å²) in [7, 11) is 0. The SMILES string of the molecule is CCCCCCC[N+]1(CC)CCCC1.[F-]. The van der Waals surface area contributed by atoms with Crippen LogP contribution in [0.3, 0.4) is 0 Å². The molecule has 0 unspecified atom stereocenters. The lowest BCUT2D eigenvalue weighted by Gasteiger charge is -2.33. The third-order valence-electron chi connectivity index (χ3n) is 3.92. The van der Waals surface area contributed by atoms with Gasteiger partial charge in [0, 0.05) is 12.8 Å². The Bertz CT molecular complexity index is 141. The molecule has 2 heteroatoms. The predicted molar refractivity (Wildman–Crippen MR) is 63.4 cm³/mol. The van der Waals surface area contributed by atoms with Gasteiger partial charge >= 0.3 is 0 Å². The molecule has 0 N–H and O–H groups in total. The number of nitrogens with zero attached hydrogens (tertiary/aromatic N) is 1. The van der Waals surface area contributed by atoms with Crippen molar-refractivity contribution in [2.45, 2.75) is 58.8 Å². The summed E-state index contributed by atoms with van der Waals surface area (Å²) < 4.78 is 1.44. The largest absolute Gasteiger partial charge is 1.00 e. The zero-order valence-corrected chi connectivity index (χ0v) is 10.6. The van der Waals surface area contributed by atoms with E-state index < -0.39 is 0 Å². The van der Waals surface area contributed by atoms with Crippen LogP contribution in [0.15, 0.2) is 0 Å². The number of halogens is 1. The highest BCUT2D eigenvalue weighted by molar-refractivity contribution is 4.54. The monoisotopic (exact) mass is 217 g/mol. The number of hydrogen-bond donors (Lipinski definition) is 0. The minimum absolute atomic E-state index is 0. The Morgan fingerprint density at radius 3 is 2.00 bits per heavy atom. The third kappa shape index (κ3) is 4.96. The molecular formula is C13H28FN. The van der Waals surface area contributed by atoms with Gasteiger partial charge in [0.2, 0.25) is 0 Å². The molecule has 0 saturated carbocycles. The fraction of sp³-hybridized carbons (Fsp3) is 1.00. The summed E-state index contributed by atoms with van der Waals surface area (Å²) in [6.07, 6.45) is 10.1. The first-order chi connectivity index (χ1) is 6.83. The summed E-state index contributed by atoms with van der Waals surface area (Å²) >= 11 is 0. The quantitative estimate of drug-likeness (QED) is 0.432. The summed E-state index contributed by atoms with van der Waals surface area (Å²) in [4.78, 5) is 0. The maximum absolute atomic E-state index is 2.37. The molecule has 1 rings (SSSR count). The Kier molecular flexibility index (Phi) is 8.03. The van der Waals surface area contributed by atoms with E-state index >= 15 is 0 Å². The lowest BCUT2D eigenvalue weighted by molar-refractivity contribution is -0.915. The van der Waals surface area contributed by atoms with E-state index in [4.69, 9.17) is 0 Å². The van der Waals surface area contributed by atoms with Crippen molar-refractivity contribution in [1.29, 1.82) is 0 Å². The molecule has 1 aliphatic heterocycles. The Hall–Kier alpha value is -0.110. The van der Waals surface area contributed by atoms with Crippen LogP contribution >= 0.6 is 0 Å². The Labute approximate surface area is 94.8 Å². The zero-order valence-electron chi connectivity index (χ0n) is 10.6. The maximum atomic E-state index is 2.37. The second-order valence-electron chi connectivity index (χ2n) is 4.95. The molecule has 15 heavy (non-hydrogen) atoms. The van der Waals surface area contributed by atoms with E-state index in [9.17, 15) is 0 Å². The second-order valence-corrected chi connectivity index (χ2v) is 4.95. The minimum atomic E-state index is 0. The first kappa shape index (κ1) is 14.9. The zero-order chi connectivity index (χ0) is 10.3. The summed E-state index contributed by atoms with van der Waals surface area (Å²) in [6.45, 7) is 10.4. The number of likely N-dealkylation sites (tertiary alicyclic amines) is 1. The number of hydrogen-bond acceptors (Lipinski definition) is 0. The van der Waals surface area contributed by atoms with Crippen LogP contribution in [0.5, 0.6) is 0 Å². The normalized spacial score (nSPS) is 18.8. The van der Waals surface area contributed by atoms with Gasteiger partial charge in [0.1, 0.15) is 0 Å². The topological polar surface area (TPSA) is 0 Å². The van der Waals surface area contributed by atoms with Crippen LogP contribution in [-0.2, 0) is 0 Å².